The molecule has 4 nitrogen and oxygen atoms in total. The third-order valence-electron chi connectivity index (χ3n) is 5.17. The molecule has 0 spiro atoms. The number of hydrogen-bond acceptors (Lipinski definition) is 2. The van der Waals surface area contributed by atoms with Crippen LogP contribution in [0.1, 0.15) is 5.56 Å². The summed E-state index contributed by atoms with van der Waals surface area (Å²) in [5.41, 5.74) is 4.00. The summed E-state index contributed by atoms with van der Waals surface area (Å²) in [7, 11) is 0. The first-order chi connectivity index (χ1) is 13.8. The van der Waals surface area contributed by atoms with Crippen molar-refractivity contribution >= 4 is 21.8 Å². The van der Waals surface area contributed by atoms with Gasteiger partial charge in [0.1, 0.15) is 5.82 Å². The smallest absolute Gasteiger partial charge is 0.261 e. The number of nitrogens with zero attached hydrogens (tertiary/aromatic N) is 2. The van der Waals surface area contributed by atoms with E-state index in [4.69, 9.17) is 4.98 Å². The summed E-state index contributed by atoms with van der Waals surface area (Å²) in [5, 5.41) is 1.85. The molecule has 0 saturated heterocycles. The molecule has 2 heterocycles. The van der Waals surface area contributed by atoms with Crippen LogP contribution in [0.2, 0.25) is 0 Å². The lowest BCUT2D eigenvalue weighted by molar-refractivity contribution is 0.673. The van der Waals surface area contributed by atoms with Crippen LogP contribution in [0.15, 0.2) is 89.9 Å². The molecule has 0 unspecified atom stereocenters. The van der Waals surface area contributed by atoms with E-state index in [2.05, 4.69) is 17.1 Å². The van der Waals surface area contributed by atoms with Crippen molar-refractivity contribution in [1.29, 1.82) is 0 Å². The van der Waals surface area contributed by atoms with Crippen molar-refractivity contribution in [2.24, 2.45) is 0 Å². The van der Waals surface area contributed by atoms with Crippen molar-refractivity contribution in [2.45, 2.75) is 13.0 Å². The fourth-order valence-electron chi connectivity index (χ4n) is 3.75. The van der Waals surface area contributed by atoms with E-state index in [1.165, 1.54) is 10.9 Å². The number of H-pyrrole nitrogens is 1. The summed E-state index contributed by atoms with van der Waals surface area (Å²) >= 11 is 0. The molecule has 0 aliphatic heterocycles. The highest BCUT2D eigenvalue weighted by atomic mass is 16.1. The van der Waals surface area contributed by atoms with Crippen LogP contribution in [0.5, 0.6) is 0 Å². The first-order valence-electron chi connectivity index (χ1n) is 9.41. The Kier molecular flexibility index (Phi) is 4.02. The minimum atomic E-state index is 0.00398. The molecular formula is C24H19N3O. The third-order valence-corrected chi connectivity index (χ3v) is 5.17. The van der Waals surface area contributed by atoms with Crippen LogP contribution in [-0.4, -0.2) is 14.5 Å². The van der Waals surface area contributed by atoms with Gasteiger partial charge >= 0.3 is 0 Å². The van der Waals surface area contributed by atoms with Gasteiger partial charge in [-0.2, -0.15) is 0 Å². The molecule has 5 rings (SSSR count). The zero-order chi connectivity index (χ0) is 18.9. The largest absolute Gasteiger partial charge is 0.361 e. The first kappa shape index (κ1) is 16.5. The number of benzene rings is 3. The van der Waals surface area contributed by atoms with Gasteiger partial charge in [0, 0.05) is 29.2 Å². The van der Waals surface area contributed by atoms with Gasteiger partial charge in [-0.3, -0.25) is 9.36 Å². The Morgan fingerprint density at radius 3 is 2.39 bits per heavy atom. The van der Waals surface area contributed by atoms with E-state index in [0.717, 1.165) is 23.0 Å². The lowest BCUT2D eigenvalue weighted by Crippen LogP contribution is -2.24. The van der Waals surface area contributed by atoms with Crippen molar-refractivity contribution in [3.63, 3.8) is 0 Å². The highest BCUT2D eigenvalue weighted by Gasteiger charge is 2.13. The summed E-state index contributed by atoms with van der Waals surface area (Å²) < 4.78 is 1.80. The van der Waals surface area contributed by atoms with E-state index in [1.54, 1.807) is 4.57 Å². The molecular weight excluding hydrogens is 346 g/mol. The average molecular weight is 365 g/mol. The Labute approximate surface area is 162 Å². The van der Waals surface area contributed by atoms with Gasteiger partial charge in [0.05, 0.1) is 10.9 Å². The number of hydrogen-bond donors (Lipinski definition) is 1. The van der Waals surface area contributed by atoms with Crippen LogP contribution < -0.4 is 5.56 Å². The number of fused-ring (bicyclic) bond motifs is 2. The Bertz CT molecular complexity index is 1330. The fourth-order valence-corrected chi connectivity index (χ4v) is 3.75. The molecule has 136 valence electrons. The van der Waals surface area contributed by atoms with Crippen LogP contribution >= 0.6 is 0 Å². The Hall–Kier alpha value is -3.66. The molecule has 3 aromatic carbocycles. The summed E-state index contributed by atoms with van der Waals surface area (Å²) in [6, 6.07) is 25.7. The van der Waals surface area contributed by atoms with Gasteiger partial charge in [0.2, 0.25) is 0 Å². The molecule has 0 radical (unpaired) electrons. The molecule has 2 aromatic heterocycles. The number of aryl methyl sites for hydroxylation is 1. The topological polar surface area (TPSA) is 50.7 Å². The Morgan fingerprint density at radius 1 is 0.821 bits per heavy atom. The van der Waals surface area contributed by atoms with Crippen LogP contribution in [0, 0.1) is 0 Å². The van der Waals surface area contributed by atoms with Gasteiger partial charge < -0.3 is 4.98 Å². The summed E-state index contributed by atoms with van der Waals surface area (Å²) in [6.07, 6.45) is 2.79. The predicted molar refractivity (Wildman–Crippen MR) is 113 cm³/mol. The highest BCUT2D eigenvalue weighted by Crippen LogP contribution is 2.21. The summed E-state index contributed by atoms with van der Waals surface area (Å²) in [4.78, 5) is 21.4. The highest BCUT2D eigenvalue weighted by molar-refractivity contribution is 5.83. The molecule has 28 heavy (non-hydrogen) atoms. The molecule has 5 aromatic rings. The zero-order valence-corrected chi connectivity index (χ0v) is 15.3. The Morgan fingerprint density at radius 2 is 1.54 bits per heavy atom. The van der Waals surface area contributed by atoms with Gasteiger partial charge in [-0.25, -0.2) is 4.98 Å². The molecule has 0 saturated carbocycles. The van der Waals surface area contributed by atoms with Gasteiger partial charge in [0.15, 0.2) is 0 Å². The third kappa shape index (κ3) is 2.79. The lowest BCUT2D eigenvalue weighted by Gasteiger charge is -2.13. The number of rotatable bonds is 4. The second-order valence-electron chi connectivity index (χ2n) is 6.88. The van der Waals surface area contributed by atoms with Crippen LogP contribution in [0.25, 0.3) is 33.2 Å². The second-order valence-corrected chi connectivity index (χ2v) is 6.88. The van der Waals surface area contributed by atoms with Gasteiger partial charge in [-0.15, -0.1) is 0 Å². The van der Waals surface area contributed by atoms with Crippen LogP contribution in [0.4, 0.5) is 0 Å². The SMILES string of the molecule is O=c1c2ccccc2nc(-c2ccccc2)n1CCc1c[nH]c2ccccc12. The molecule has 4 heteroatoms. The van der Waals surface area contributed by atoms with Gasteiger partial charge in [-0.05, 0) is 30.2 Å². The van der Waals surface area contributed by atoms with Crippen molar-refractivity contribution < 1.29 is 0 Å². The number of aromatic amines is 1. The van der Waals surface area contributed by atoms with Crippen LogP contribution in [-0.2, 0) is 13.0 Å². The second kappa shape index (κ2) is 6.82. The van der Waals surface area contributed by atoms with E-state index in [1.807, 2.05) is 72.9 Å². The molecule has 0 atom stereocenters. The quantitative estimate of drug-likeness (QED) is 0.498. The van der Waals surface area contributed by atoms with Gasteiger partial charge in [0.25, 0.3) is 5.56 Å². The zero-order valence-electron chi connectivity index (χ0n) is 15.3. The van der Waals surface area contributed by atoms with E-state index in [-0.39, 0.29) is 5.56 Å². The predicted octanol–water partition coefficient (Wildman–Crippen LogP) is 4.79. The standard InChI is InChI=1S/C24H19N3O/c28-24-20-11-5-7-13-22(20)26-23(17-8-2-1-3-9-17)27(24)15-14-18-16-25-21-12-6-4-10-19(18)21/h1-13,16,25H,14-15H2. The van der Waals surface area contributed by atoms with Crippen molar-refractivity contribution in [3.8, 4) is 11.4 Å². The lowest BCUT2D eigenvalue weighted by atomic mass is 10.1. The minimum Gasteiger partial charge on any atom is -0.361 e. The molecule has 0 fully saturated rings. The van der Waals surface area contributed by atoms with Crippen molar-refractivity contribution in [1.82, 2.24) is 14.5 Å². The summed E-state index contributed by atoms with van der Waals surface area (Å²) in [5.74, 6) is 0.712. The van der Waals surface area contributed by atoms with E-state index < -0.39 is 0 Å². The van der Waals surface area contributed by atoms with E-state index in [0.29, 0.717) is 17.8 Å². The Balaban J connectivity index is 1.63. The van der Waals surface area contributed by atoms with Gasteiger partial charge in [-0.1, -0.05) is 60.7 Å². The normalized spacial score (nSPS) is 11.3. The van der Waals surface area contributed by atoms with Crippen molar-refractivity contribution in [2.75, 3.05) is 0 Å². The van der Waals surface area contributed by atoms with Crippen LogP contribution in [0.3, 0.4) is 0 Å². The molecule has 1 N–H and O–H groups in total. The molecule has 0 aliphatic rings. The van der Waals surface area contributed by atoms with E-state index >= 15 is 0 Å². The maximum atomic E-state index is 13.3. The minimum absolute atomic E-state index is 0.00398. The first-order valence-corrected chi connectivity index (χ1v) is 9.41. The van der Waals surface area contributed by atoms with E-state index in [9.17, 15) is 4.79 Å². The average Bonchev–Trinajstić information content (AvgIpc) is 3.17. The molecule has 0 amide bonds. The summed E-state index contributed by atoms with van der Waals surface area (Å²) in [6.45, 7) is 0.572. The number of aromatic nitrogens is 3. The molecule has 0 aliphatic carbocycles. The maximum Gasteiger partial charge on any atom is 0.261 e. The van der Waals surface area contributed by atoms with Crippen molar-refractivity contribution in [3.05, 3.63) is 101 Å². The monoisotopic (exact) mass is 365 g/mol. The molecule has 0 bridgehead atoms. The maximum absolute atomic E-state index is 13.3. The number of nitrogens with one attached hydrogen (secondary N) is 1. The fraction of sp³-hybridized carbons (Fsp3) is 0.0833. The number of para-hydroxylation sites is 2.